The van der Waals surface area contributed by atoms with Gasteiger partial charge in [0.1, 0.15) is 11.6 Å². The molecule has 0 bridgehead atoms. The van der Waals surface area contributed by atoms with Gasteiger partial charge in [0, 0.05) is 51.9 Å². The van der Waals surface area contributed by atoms with Gasteiger partial charge in [-0.2, -0.15) is 0 Å². The molecule has 1 N–H and O–H groups in total. The van der Waals surface area contributed by atoms with Crippen LogP contribution in [0.4, 0.5) is 8.78 Å². The predicted molar refractivity (Wildman–Crippen MR) is 96.9 cm³/mol. The molecule has 0 unspecified atom stereocenters. The van der Waals surface area contributed by atoms with Crippen molar-refractivity contribution in [3.05, 3.63) is 71.3 Å². The van der Waals surface area contributed by atoms with Crippen molar-refractivity contribution in [1.82, 2.24) is 15.1 Å². The van der Waals surface area contributed by atoms with Gasteiger partial charge in [0.2, 0.25) is 0 Å². The molecule has 1 aliphatic heterocycles. The van der Waals surface area contributed by atoms with E-state index in [1.807, 2.05) is 6.07 Å². The number of rotatable bonds is 6. The van der Waals surface area contributed by atoms with Gasteiger partial charge in [0.25, 0.3) is 5.91 Å². The normalized spacial score (nSPS) is 15.8. The van der Waals surface area contributed by atoms with E-state index in [0.29, 0.717) is 13.1 Å². The molecular weight excluding hydrogens is 336 g/mol. The van der Waals surface area contributed by atoms with E-state index in [1.165, 1.54) is 11.6 Å². The zero-order valence-electron chi connectivity index (χ0n) is 14.6. The van der Waals surface area contributed by atoms with E-state index in [9.17, 15) is 13.6 Å². The Hall–Kier alpha value is -2.31. The summed E-state index contributed by atoms with van der Waals surface area (Å²) in [6.07, 6.45) is 0. The number of nitrogens with zero attached hydrogens (tertiary/aromatic N) is 2. The number of carbonyl (C=O) groups is 1. The van der Waals surface area contributed by atoms with E-state index in [0.717, 1.165) is 44.9 Å². The third kappa shape index (κ3) is 5.09. The Labute approximate surface area is 152 Å². The van der Waals surface area contributed by atoms with Crippen LogP contribution in [0, 0.1) is 11.6 Å². The van der Waals surface area contributed by atoms with Gasteiger partial charge in [-0.15, -0.1) is 0 Å². The second-order valence-corrected chi connectivity index (χ2v) is 6.48. The summed E-state index contributed by atoms with van der Waals surface area (Å²) in [6.45, 7) is 5.95. The summed E-state index contributed by atoms with van der Waals surface area (Å²) in [5.41, 5.74) is 1.19. The molecular formula is C20H23F2N3O. The van der Waals surface area contributed by atoms with Gasteiger partial charge in [-0.25, -0.2) is 8.78 Å². The highest BCUT2D eigenvalue weighted by atomic mass is 19.1. The van der Waals surface area contributed by atoms with Gasteiger partial charge in [-0.05, 0) is 17.7 Å². The molecule has 3 rings (SSSR count). The maximum absolute atomic E-state index is 13.6. The molecule has 1 amide bonds. The summed E-state index contributed by atoms with van der Waals surface area (Å²) in [7, 11) is 0. The highest BCUT2D eigenvalue weighted by Crippen LogP contribution is 2.10. The molecule has 0 radical (unpaired) electrons. The highest BCUT2D eigenvalue weighted by Gasteiger charge is 2.17. The molecule has 0 aliphatic carbocycles. The molecule has 1 heterocycles. The van der Waals surface area contributed by atoms with Crippen molar-refractivity contribution in [2.45, 2.75) is 6.54 Å². The molecule has 0 spiro atoms. The largest absolute Gasteiger partial charge is 0.351 e. The lowest BCUT2D eigenvalue weighted by Crippen LogP contribution is -2.48. The first-order chi connectivity index (χ1) is 12.6. The lowest BCUT2D eigenvalue weighted by molar-refractivity contribution is 0.0930. The molecule has 1 fully saturated rings. The molecule has 2 aromatic carbocycles. The standard InChI is InChI=1S/C20H23F2N3O/c21-17-6-7-18(19(22)14-17)20(26)23-8-9-24-10-12-25(13-11-24)15-16-4-2-1-3-5-16/h1-7,14H,8-13,15H2,(H,23,26). The Bertz CT molecular complexity index is 731. The lowest BCUT2D eigenvalue weighted by atomic mass is 10.2. The maximum atomic E-state index is 13.6. The molecule has 4 nitrogen and oxygen atoms in total. The maximum Gasteiger partial charge on any atom is 0.254 e. The number of nitrogens with one attached hydrogen (secondary N) is 1. The third-order valence-electron chi connectivity index (χ3n) is 4.60. The van der Waals surface area contributed by atoms with E-state index in [2.05, 4.69) is 39.4 Å². The van der Waals surface area contributed by atoms with Crippen molar-refractivity contribution in [3.63, 3.8) is 0 Å². The average Bonchev–Trinajstić information content (AvgIpc) is 2.64. The van der Waals surface area contributed by atoms with Crippen LogP contribution in [-0.2, 0) is 6.54 Å². The van der Waals surface area contributed by atoms with Crippen molar-refractivity contribution in [2.75, 3.05) is 39.3 Å². The molecule has 26 heavy (non-hydrogen) atoms. The first-order valence-electron chi connectivity index (χ1n) is 8.84. The van der Waals surface area contributed by atoms with Gasteiger partial charge >= 0.3 is 0 Å². The summed E-state index contributed by atoms with van der Waals surface area (Å²) in [6, 6.07) is 13.4. The first kappa shape index (κ1) is 18.5. The summed E-state index contributed by atoms with van der Waals surface area (Å²) in [5, 5.41) is 2.70. The van der Waals surface area contributed by atoms with Gasteiger partial charge in [0.05, 0.1) is 5.56 Å². The van der Waals surface area contributed by atoms with Crippen LogP contribution in [-0.4, -0.2) is 55.0 Å². The average molecular weight is 359 g/mol. The van der Waals surface area contributed by atoms with Crippen LogP contribution in [0.3, 0.4) is 0 Å². The van der Waals surface area contributed by atoms with E-state index < -0.39 is 17.5 Å². The van der Waals surface area contributed by atoms with Crippen molar-refractivity contribution < 1.29 is 13.6 Å². The highest BCUT2D eigenvalue weighted by molar-refractivity contribution is 5.94. The molecule has 2 aromatic rings. The Kier molecular flexibility index (Phi) is 6.30. The Balaban J connectivity index is 1.38. The van der Waals surface area contributed by atoms with E-state index in [4.69, 9.17) is 0 Å². The second-order valence-electron chi connectivity index (χ2n) is 6.48. The van der Waals surface area contributed by atoms with E-state index in [-0.39, 0.29) is 5.56 Å². The van der Waals surface area contributed by atoms with E-state index in [1.54, 1.807) is 0 Å². The van der Waals surface area contributed by atoms with Crippen molar-refractivity contribution in [1.29, 1.82) is 0 Å². The Morgan fingerprint density at radius 3 is 2.35 bits per heavy atom. The molecule has 6 heteroatoms. The number of hydrogen-bond acceptors (Lipinski definition) is 3. The fraction of sp³-hybridized carbons (Fsp3) is 0.350. The fourth-order valence-corrected chi connectivity index (χ4v) is 3.11. The van der Waals surface area contributed by atoms with Crippen molar-refractivity contribution in [3.8, 4) is 0 Å². The molecule has 1 aliphatic rings. The number of carbonyl (C=O) groups excluding carboxylic acids is 1. The Morgan fingerprint density at radius 2 is 1.65 bits per heavy atom. The topological polar surface area (TPSA) is 35.6 Å². The number of piperazine rings is 1. The SMILES string of the molecule is O=C(NCCN1CCN(Cc2ccccc2)CC1)c1ccc(F)cc1F. The van der Waals surface area contributed by atoms with Gasteiger partial charge in [0.15, 0.2) is 0 Å². The first-order valence-corrected chi connectivity index (χ1v) is 8.84. The Morgan fingerprint density at radius 1 is 0.962 bits per heavy atom. The van der Waals surface area contributed by atoms with E-state index >= 15 is 0 Å². The van der Waals surface area contributed by atoms with Crippen LogP contribution in [0.1, 0.15) is 15.9 Å². The second kappa shape index (κ2) is 8.87. The third-order valence-corrected chi connectivity index (χ3v) is 4.60. The monoisotopic (exact) mass is 359 g/mol. The quantitative estimate of drug-likeness (QED) is 0.861. The van der Waals surface area contributed by atoms with Crippen LogP contribution in [0.25, 0.3) is 0 Å². The predicted octanol–water partition coefficient (Wildman–Crippen LogP) is 2.51. The van der Waals surface area contributed by atoms with Crippen LogP contribution < -0.4 is 5.32 Å². The van der Waals surface area contributed by atoms with Crippen LogP contribution in [0.5, 0.6) is 0 Å². The van der Waals surface area contributed by atoms with Crippen LogP contribution in [0.15, 0.2) is 48.5 Å². The minimum Gasteiger partial charge on any atom is -0.351 e. The van der Waals surface area contributed by atoms with Crippen molar-refractivity contribution in [2.24, 2.45) is 0 Å². The minimum atomic E-state index is -0.836. The summed E-state index contributed by atoms with van der Waals surface area (Å²) >= 11 is 0. The summed E-state index contributed by atoms with van der Waals surface area (Å²) < 4.78 is 26.5. The number of halogens is 2. The van der Waals surface area contributed by atoms with Crippen LogP contribution in [0.2, 0.25) is 0 Å². The zero-order chi connectivity index (χ0) is 18.4. The molecule has 0 aromatic heterocycles. The number of benzene rings is 2. The molecule has 0 atom stereocenters. The number of hydrogen-bond donors (Lipinski definition) is 1. The van der Waals surface area contributed by atoms with Crippen molar-refractivity contribution >= 4 is 5.91 Å². The molecule has 0 saturated carbocycles. The smallest absolute Gasteiger partial charge is 0.254 e. The van der Waals surface area contributed by atoms with Crippen LogP contribution >= 0.6 is 0 Å². The number of amides is 1. The lowest BCUT2D eigenvalue weighted by Gasteiger charge is -2.34. The molecule has 1 saturated heterocycles. The van der Waals surface area contributed by atoms with Gasteiger partial charge < -0.3 is 5.32 Å². The summed E-state index contributed by atoms with van der Waals surface area (Å²) in [4.78, 5) is 16.7. The summed E-state index contributed by atoms with van der Waals surface area (Å²) in [5.74, 6) is -2.03. The van der Waals surface area contributed by atoms with Gasteiger partial charge in [-0.1, -0.05) is 30.3 Å². The van der Waals surface area contributed by atoms with Gasteiger partial charge in [-0.3, -0.25) is 14.6 Å². The minimum absolute atomic E-state index is 0.126. The zero-order valence-corrected chi connectivity index (χ0v) is 14.6. The molecule has 138 valence electrons. The fourth-order valence-electron chi connectivity index (χ4n) is 3.11.